The zero-order valence-corrected chi connectivity index (χ0v) is 12.0. The Kier molecular flexibility index (Phi) is 6.16. The van der Waals surface area contributed by atoms with E-state index in [0.29, 0.717) is 12.5 Å². The molecular formula is C13H17ClF2N2O2. The highest BCUT2D eigenvalue weighted by Crippen LogP contribution is 2.26. The number of rotatable bonds is 5. The monoisotopic (exact) mass is 306 g/mol. The summed E-state index contributed by atoms with van der Waals surface area (Å²) in [6.45, 7) is 3.66. The molecule has 1 aromatic rings. The molecule has 0 aliphatic heterocycles. The minimum Gasteiger partial charge on any atom is -0.394 e. The van der Waals surface area contributed by atoms with Gasteiger partial charge in [0.2, 0.25) is 0 Å². The average Bonchev–Trinajstić information content (AvgIpc) is 2.32. The Balaban J connectivity index is 2.71. The van der Waals surface area contributed by atoms with Gasteiger partial charge in [-0.3, -0.25) is 0 Å². The zero-order valence-electron chi connectivity index (χ0n) is 11.2. The highest BCUT2D eigenvalue weighted by atomic mass is 35.5. The average molecular weight is 307 g/mol. The molecule has 0 spiro atoms. The number of urea groups is 1. The minimum atomic E-state index is -0.963. The van der Waals surface area contributed by atoms with Gasteiger partial charge in [0.25, 0.3) is 0 Å². The third kappa shape index (κ3) is 4.94. The van der Waals surface area contributed by atoms with Gasteiger partial charge in [0.15, 0.2) is 5.82 Å². The van der Waals surface area contributed by atoms with Crippen molar-refractivity contribution < 1.29 is 18.7 Å². The second-order valence-electron chi connectivity index (χ2n) is 4.85. The second-order valence-corrected chi connectivity index (χ2v) is 5.26. The Morgan fingerprint density at radius 3 is 2.55 bits per heavy atom. The van der Waals surface area contributed by atoms with Gasteiger partial charge >= 0.3 is 6.03 Å². The molecule has 0 fully saturated rings. The molecule has 0 bridgehead atoms. The third-order valence-electron chi connectivity index (χ3n) is 2.56. The van der Waals surface area contributed by atoms with E-state index >= 15 is 0 Å². The Labute approximate surface area is 121 Å². The van der Waals surface area contributed by atoms with Crippen LogP contribution in [0.15, 0.2) is 12.1 Å². The lowest BCUT2D eigenvalue weighted by Crippen LogP contribution is -2.41. The highest BCUT2D eigenvalue weighted by molar-refractivity contribution is 6.33. The van der Waals surface area contributed by atoms with E-state index < -0.39 is 23.7 Å². The standard InChI is InChI=1S/C13H17ClF2N2O2/c1-7(2)3-9(6-19)17-13(20)18-12-10(14)4-8(15)5-11(12)16/h4-5,7,9,19H,3,6H2,1-2H3,(H2,17,18,20). The van der Waals surface area contributed by atoms with Crippen molar-refractivity contribution in [3.05, 3.63) is 28.8 Å². The van der Waals surface area contributed by atoms with Crippen LogP contribution in [0.5, 0.6) is 0 Å². The number of anilines is 1. The molecule has 4 nitrogen and oxygen atoms in total. The van der Waals surface area contributed by atoms with Crippen LogP contribution in [0.2, 0.25) is 5.02 Å². The van der Waals surface area contributed by atoms with E-state index in [1.165, 1.54) is 0 Å². The fourth-order valence-electron chi connectivity index (χ4n) is 1.74. The summed E-state index contributed by atoms with van der Waals surface area (Å²) in [5, 5.41) is 13.6. The maximum absolute atomic E-state index is 13.5. The molecule has 112 valence electrons. The molecule has 7 heteroatoms. The molecule has 0 saturated carbocycles. The van der Waals surface area contributed by atoms with Gasteiger partial charge in [0, 0.05) is 6.07 Å². The second kappa shape index (κ2) is 7.40. The minimum absolute atomic E-state index is 0.231. The SMILES string of the molecule is CC(C)CC(CO)NC(=O)Nc1c(F)cc(F)cc1Cl. The van der Waals surface area contributed by atoms with Crippen molar-refractivity contribution in [1.82, 2.24) is 5.32 Å². The summed E-state index contributed by atoms with van der Waals surface area (Å²) in [5.74, 6) is -1.51. The number of hydrogen-bond donors (Lipinski definition) is 3. The quantitative estimate of drug-likeness (QED) is 0.782. The molecule has 0 saturated heterocycles. The molecule has 0 heterocycles. The Morgan fingerprint density at radius 1 is 1.40 bits per heavy atom. The first-order valence-corrected chi connectivity index (χ1v) is 6.54. The van der Waals surface area contributed by atoms with Crippen LogP contribution in [0.4, 0.5) is 19.3 Å². The number of carbonyl (C=O) groups is 1. The number of nitrogens with one attached hydrogen (secondary N) is 2. The van der Waals surface area contributed by atoms with Crippen LogP contribution in [-0.4, -0.2) is 23.8 Å². The molecule has 0 aromatic heterocycles. The molecular weight excluding hydrogens is 290 g/mol. The summed E-state index contributed by atoms with van der Waals surface area (Å²) < 4.78 is 26.4. The normalized spacial score (nSPS) is 12.3. The van der Waals surface area contributed by atoms with Gasteiger partial charge in [-0.1, -0.05) is 25.4 Å². The first kappa shape index (κ1) is 16.7. The van der Waals surface area contributed by atoms with Crippen molar-refractivity contribution in [2.45, 2.75) is 26.3 Å². The largest absolute Gasteiger partial charge is 0.394 e. The molecule has 0 radical (unpaired) electrons. The van der Waals surface area contributed by atoms with E-state index in [1.54, 1.807) is 0 Å². The van der Waals surface area contributed by atoms with Crippen LogP contribution >= 0.6 is 11.6 Å². The molecule has 0 aliphatic carbocycles. The summed E-state index contributed by atoms with van der Waals surface area (Å²) >= 11 is 5.66. The Bertz CT molecular complexity index is 460. The van der Waals surface area contributed by atoms with E-state index in [4.69, 9.17) is 16.7 Å². The molecule has 3 N–H and O–H groups in total. The zero-order chi connectivity index (χ0) is 15.3. The number of benzene rings is 1. The van der Waals surface area contributed by atoms with Crippen LogP contribution in [0, 0.1) is 17.6 Å². The highest BCUT2D eigenvalue weighted by Gasteiger charge is 2.16. The van der Waals surface area contributed by atoms with Crippen LogP contribution in [0.1, 0.15) is 20.3 Å². The summed E-state index contributed by atoms with van der Waals surface area (Å²) in [6.07, 6.45) is 0.573. The van der Waals surface area contributed by atoms with E-state index in [9.17, 15) is 13.6 Å². The lowest BCUT2D eigenvalue weighted by Gasteiger charge is -2.19. The lowest BCUT2D eigenvalue weighted by atomic mass is 10.0. The van der Waals surface area contributed by atoms with Gasteiger partial charge < -0.3 is 15.7 Å². The van der Waals surface area contributed by atoms with E-state index in [-0.39, 0.29) is 23.2 Å². The van der Waals surface area contributed by atoms with Gasteiger partial charge in [-0.15, -0.1) is 0 Å². The van der Waals surface area contributed by atoms with Crippen LogP contribution in [-0.2, 0) is 0 Å². The number of hydrogen-bond acceptors (Lipinski definition) is 2. The maximum Gasteiger partial charge on any atom is 0.319 e. The third-order valence-corrected chi connectivity index (χ3v) is 2.86. The molecule has 1 aromatic carbocycles. The van der Waals surface area contributed by atoms with Crippen molar-refractivity contribution in [1.29, 1.82) is 0 Å². The van der Waals surface area contributed by atoms with E-state index in [2.05, 4.69) is 10.6 Å². The van der Waals surface area contributed by atoms with E-state index in [1.807, 2.05) is 13.8 Å². The predicted octanol–water partition coefficient (Wildman–Crippen LogP) is 3.15. The van der Waals surface area contributed by atoms with Gasteiger partial charge in [0.1, 0.15) is 5.82 Å². The number of halogens is 3. The summed E-state index contributed by atoms with van der Waals surface area (Å²) in [5.41, 5.74) is -0.299. The van der Waals surface area contributed by atoms with Gasteiger partial charge in [-0.05, 0) is 18.4 Å². The Morgan fingerprint density at radius 2 is 2.05 bits per heavy atom. The van der Waals surface area contributed by atoms with Crippen LogP contribution in [0.3, 0.4) is 0 Å². The number of carbonyl (C=O) groups excluding carboxylic acids is 1. The molecule has 1 unspecified atom stereocenters. The summed E-state index contributed by atoms with van der Waals surface area (Å²) in [6, 6.07) is 0.367. The molecule has 1 rings (SSSR count). The van der Waals surface area contributed by atoms with Crippen molar-refractivity contribution in [3.8, 4) is 0 Å². The van der Waals surface area contributed by atoms with Crippen molar-refractivity contribution in [2.75, 3.05) is 11.9 Å². The van der Waals surface area contributed by atoms with Crippen molar-refractivity contribution >= 4 is 23.3 Å². The number of amides is 2. The molecule has 2 amide bonds. The fourth-order valence-corrected chi connectivity index (χ4v) is 1.99. The number of aliphatic hydroxyl groups excluding tert-OH is 1. The van der Waals surface area contributed by atoms with Crippen molar-refractivity contribution in [3.63, 3.8) is 0 Å². The fraction of sp³-hybridized carbons (Fsp3) is 0.462. The number of aliphatic hydroxyl groups is 1. The first-order chi connectivity index (χ1) is 9.33. The van der Waals surface area contributed by atoms with E-state index in [0.717, 1.165) is 6.07 Å². The van der Waals surface area contributed by atoms with Gasteiger partial charge in [0.05, 0.1) is 23.4 Å². The van der Waals surface area contributed by atoms with Crippen LogP contribution < -0.4 is 10.6 Å². The van der Waals surface area contributed by atoms with Crippen molar-refractivity contribution in [2.24, 2.45) is 5.92 Å². The molecule has 0 aliphatic rings. The van der Waals surface area contributed by atoms with Gasteiger partial charge in [-0.25, -0.2) is 13.6 Å². The predicted molar refractivity (Wildman–Crippen MR) is 73.9 cm³/mol. The maximum atomic E-state index is 13.5. The lowest BCUT2D eigenvalue weighted by molar-refractivity contribution is 0.214. The summed E-state index contributed by atoms with van der Waals surface area (Å²) in [7, 11) is 0. The Hall–Kier alpha value is -1.40. The first-order valence-electron chi connectivity index (χ1n) is 6.16. The van der Waals surface area contributed by atoms with Gasteiger partial charge in [-0.2, -0.15) is 0 Å². The topological polar surface area (TPSA) is 61.4 Å². The molecule has 1 atom stereocenters. The van der Waals surface area contributed by atoms with Crippen LogP contribution in [0.25, 0.3) is 0 Å². The molecule has 20 heavy (non-hydrogen) atoms. The summed E-state index contributed by atoms with van der Waals surface area (Å²) in [4.78, 5) is 11.7. The smallest absolute Gasteiger partial charge is 0.319 e.